The first kappa shape index (κ1) is 27.4. The molecule has 190 valence electrons. The number of hydrogen-bond donors (Lipinski definition) is 5. The maximum Gasteiger partial charge on any atom is 0.0459 e. The summed E-state index contributed by atoms with van der Waals surface area (Å²) in [6, 6.07) is 35.7. The van der Waals surface area contributed by atoms with Crippen molar-refractivity contribution in [3.8, 4) is 22.3 Å². The third kappa shape index (κ3) is 5.20. The molecule has 0 spiro atoms. The normalized spacial score (nSPS) is 12.8. The van der Waals surface area contributed by atoms with Crippen LogP contribution in [0.2, 0.25) is 0 Å². The van der Waals surface area contributed by atoms with Crippen molar-refractivity contribution < 1.29 is 0 Å². The Bertz CT molecular complexity index is 1500. The lowest BCUT2D eigenvalue weighted by Gasteiger charge is -2.36. The number of hydrogen-bond acceptors (Lipinski definition) is 5. The average Bonchev–Trinajstić information content (AvgIpc) is 2.90. The van der Waals surface area contributed by atoms with Gasteiger partial charge in [0.25, 0.3) is 0 Å². The molecule has 0 aliphatic rings. The van der Waals surface area contributed by atoms with E-state index >= 15 is 0 Å². The standard InChI is InChI=1S/C33H28S5/c1-20-6-7-23(21-8-13-25(34)14-9-21)18-27(20)33(2,32-30(37)4-3-5-31(32)38)28-19-24(12-17-29(28)36)22-10-15-26(35)16-11-22/h3-19,34-38H,1-2H3. The van der Waals surface area contributed by atoms with Crippen LogP contribution in [0.15, 0.2) is 128 Å². The van der Waals surface area contributed by atoms with Gasteiger partial charge in [0.1, 0.15) is 0 Å². The summed E-state index contributed by atoms with van der Waals surface area (Å²) in [6.07, 6.45) is 0. The van der Waals surface area contributed by atoms with Gasteiger partial charge in [0, 0.05) is 29.9 Å². The van der Waals surface area contributed by atoms with E-state index in [1.165, 1.54) is 11.1 Å². The van der Waals surface area contributed by atoms with E-state index in [2.05, 4.69) is 99.8 Å². The van der Waals surface area contributed by atoms with E-state index in [1.54, 1.807) is 0 Å². The van der Waals surface area contributed by atoms with Gasteiger partial charge in [-0.3, -0.25) is 0 Å². The topological polar surface area (TPSA) is 0 Å². The highest BCUT2D eigenvalue weighted by atomic mass is 32.1. The van der Waals surface area contributed by atoms with Gasteiger partial charge in [-0.25, -0.2) is 0 Å². The molecule has 0 amide bonds. The van der Waals surface area contributed by atoms with E-state index in [-0.39, 0.29) is 0 Å². The fourth-order valence-corrected chi connectivity index (χ4v) is 6.83. The van der Waals surface area contributed by atoms with E-state index in [4.69, 9.17) is 37.9 Å². The van der Waals surface area contributed by atoms with Crippen molar-refractivity contribution in [1.29, 1.82) is 0 Å². The predicted molar refractivity (Wildman–Crippen MR) is 177 cm³/mol. The molecular weight excluding hydrogens is 557 g/mol. The summed E-state index contributed by atoms with van der Waals surface area (Å²) in [5, 5.41) is 0. The molecule has 0 radical (unpaired) electrons. The molecule has 38 heavy (non-hydrogen) atoms. The number of rotatable bonds is 5. The van der Waals surface area contributed by atoms with Gasteiger partial charge in [0.15, 0.2) is 0 Å². The van der Waals surface area contributed by atoms with E-state index in [9.17, 15) is 0 Å². The number of aryl methyl sites for hydroxylation is 1. The van der Waals surface area contributed by atoms with E-state index in [0.717, 1.165) is 57.9 Å². The Balaban J connectivity index is 1.81. The monoisotopic (exact) mass is 584 g/mol. The Morgan fingerprint density at radius 1 is 0.474 bits per heavy atom. The Morgan fingerprint density at radius 3 is 1.45 bits per heavy atom. The molecule has 0 aromatic heterocycles. The summed E-state index contributed by atoms with van der Waals surface area (Å²) in [6.45, 7) is 4.43. The van der Waals surface area contributed by atoms with Crippen LogP contribution < -0.4 is 0 Å². The molecule has 0 N–H and O–H groups in total. The summed E-state index contributed by atoms with van der Waals surface area (Å²) < 4.78 is 0. The molecule has 0 heterocycles. The summed E-state index contributed by atoms with van der Waals surface area (Å²) in [4.78, 5) is 4.57. The molecule has 0 nitrogen and oxygen atoms in total. The summed E-state index contributed by atoms with van der Waals surface area (Å²) in [5.41, 5.74) is 8.45. The molecule has 0 saturated heterocycles. The van der Waals surface area contributed by atoms with Crippen molar-refractivity contribution in [2.75, 3.05) is 0 Å². The molecule has 0 aliphatic carbocycles. The lowest BCUT2D eigenvalue weighted by Crippen LogP contribution is -2.28. The van der Waals surface area contributed by atoms with Crippen molar-refractivity contribution in [3.05, 3.63) is 125 Å². The smallest absolute Gasteiger partial charge is 0.0459 e. The zero-order valence-corrected chi connectivity index (χ0v) is 25.5. The van der Waals surface area contributed by atoms with Crippen LogP contribution in [-0.4, -0.2) is 0 Å². The summed E-state index contributed by atoms with van der Waals surface area (Å²) >= 11 is 23.9. The van der Waals surface area contributed by atoms with Gasteiger partial charge < -0.3 is 0 Å². The maximum absolute atomic E-state index is 5.01. The van der Waals surface area contributed by atoms with Crippen molar-refractivity contribution in [2.45, 2.75) is 43.7 Å². The lowest BCUT2D eigenvalue weighted by atomic mass is 9.68. The van der Waals surface area contributed by atoms with Gasteiger partial charge in [-0.1, -0.05) is 48.5 Å². The first-order valence-corrected chi connectivity index (χ1v) is 14.5. The third-order valence-electron chi connectivity index (χ3n) is 7.23. The van der Waals surface area contributed by atoms with E-state index < -0.39 is 5.41 Å². The Labute approximate surface area is 253 Å². The van der Waals surface area contributed by atoms with E-state index in [0.29, 0.717) is 0 Å². The Kier molecular flexibility index (Phi) is 8.04. The first-order chi connectivity index (χ1) is 18.2. The van der Waals surface area contributed by atoms with Gasteiger partial charge in [-0.2, -0.15) is 0 Å². The fraction of sp³-hybridized carbons (Fsp3) is 0.0909. The molecule has 1 unspecified atom stereocenters. The summed E-state index contributed by atoms with van der Waals surface area (Å²) in [5.74, 6) is 0. The van der Waals surface area contributed by atoms with Gasteiger partial charge in [0.2, 0.25) is 0 Å². The molecule has 0 aliphatic heterocycles. The van der Waals surface area contributed by atoms with Gasteiger partial charge >= 0.3 is 0 Å². The van der Waals surface area contributed by atoms with Gasteiger partial charge in [-0.05, 0) is 113 Å². The zero-order valence-electron chi connectivity index (χ0n) is 21.1. The molecular formula is C33H28S5. The molecule has 0 bridgehead atoms. The van der Waals surface area contributed by atoms with Crippen molar-refractivity contribution in [3.63, 3.8) is 0 Å². The summed E-state index contributed by atoms with van der Waals surface area (Å²) in [7, 11) is 0. The van der Waals surface area contributed by atoms with Crippen molar-refractivity contribution in [2.24, 2.45) is 0 Å². The van der Waals surface area contributed by atoms with Crippen LogP contribution in [0.3, 0.4) is 0 Å². The lowest BCUT2D eigenvalue weighted by molar-refractivity contribution is 0.644. The second kappa shape index (κ2) is 11.1. The quantitative estimate of drug-likeness (QED) is 0.0985. The molecule has 5 heteroatoms. The first-order valence-electron chi connectivity index (χ1n) is 12.2. The second-order valence-corrected chi connectivity index (χ2v) is 12.1. The second-order valence-electron chi connectivity index (χ2n) is 9.65. The molecule has 5 rings (SSSR count). The van der Waals surface area contributed by atoms with Crippen LogP contribution in [0.5, 0.6) is 0 Å². The predicted octanol–water partition coefficient (Wildman–Crippen LogP) is 10.1. The molecule has 0 saturated carbocycles. The highest BCUT2D eigenvalue weighted by Crippen LogP contribution is 2.48. The molecule has 5 aromatic rings. The largest absolute Gasteiger partial charge is 0.143 e. The van der Waals surface area contributed by atoms with Crippen LogP contribution in [0.25, 0.3) is 22.3 Å². The minimum Gasteiger partial charge on any atom is -0.143 e. The molecule has 1 atom stereocenters. The zero-order chi connectivity index (χ0) is 27.0. The van der Waals surface area contributed by atoms with Crippen LogP contribution in [0.1, 0.15) is 29.2 Å². The van der Waals surface area contributed by atoms with Crippen LogP contribution in [-0.2, 0) is 5.41 Å². The van der Waals surface area contributed by atoms with Gasteiger partial charge in [0.05, 0.1) is 0 Å². The Morgan fingerprint density at radius 2 is 0.921 bits per heavy atom. The van der Waals surface area contributed by atoms with Crippen LogP contribution in [0, 0.1) is 6.92 Å². The van der Waals surface area contributed by atoms with E-state index in [1.807, 2.05) is 42.5 Å². The van der Waals surface area contributed by atoms with Crippen molar-refractivity contribution >= 4 is 63.1 Å². The minimum atomic E-state index is -0.588. The van der Waals surface area contributed by atoms with Gasteiger partial charge in [-0.15, -0.1) is 63.1 Å². The number of thiol groups is 5. The third-order valence-corrected chi connectivity index (χ3v) is 8.96. The highest BCUT2D eigenvalue weighted by molar-refractivity contribution is 7.81. The van der Waals surface area contributed by atoms with Crippen LogP contribution >= 0.6 is 63.1 Å². The maximum atomic E-state index is 5.01. The SMILES string of the molecule is Cc1ccc(-c2ccc(S)cc2)cc1C(C)(c1cc(-c2ccc(S)cc2)ccc1S)c1c(S)cccc1S. The fourth-order valence-electron chi connectivity index (χ4n) is 5.22. The molecule has 0 fully saturated rings. The highest BCUT2D eigenvalue weighted by Gasteiger charge is 2.37. The van der Waals surface area contributed by atoms with Crippen molar-refractivity contribution in [1.82, 2.24) is 0 Å². The molecule has 5 aromatic carbocycles. The Hall–Kier alpha value is -2.15. The number of benzene rings is 5. The average molecular weight is 585 g/mol. The van der Waals surface area contributed by atoms with Crippen LogP contribution in [0.4, 0.5) is 0 Å². The minimum absolute atomic E-state index is 0.588.